The molecule has 2 atom stereocenters. The highest BCUT2D eigenvalue weighted by molar-refractivity contribution is 6.79. The Morgan fingerprint density at radius 1 is 0.702 bits per heavy atom. The summed E-state index contributed by atoms with van der Waals surface area (Å²) in [4.78, 5) is 76.5. The fourth-order valence-corrected chi connectivity index (χ4v) is 14.1. The molecular weight excluding hydrogens is 1130 g/mol. The molecule has 4 N–H and O–H groups in total. The van der Waals surface area contributed by atoms with Gasteiger partial charge in [-0.1, -0.05) is 96.5 Å². The average Bonchev–Trinajstić information content (AvgIpc) is 3.55. The van der Waals surface area contributed by atoms with Crippen molar-refractivity contribution in [3.8, 4) is 23.7 Å². The topological polar surface area (TPSA) is 184 Å². The molecule has 3 saturated heterocycles. The second-order valence-corrected chi connectivity index (χ2v) is 27.2. The van der Waals surface area contributed by atoms with Gasteiger partial charge in [0, 0.05) is 101 Å². The Kier molecular flexibility index (Phi) is 17.4. The molecule has 11 rings (SSSR count). The fourth-order valence-electron chi connectivity index (χ4n) is 10.8. The molecule has 0 aliphatic carbocycles. The molecule has 0 unspecified atom stereocenters. The maximum Gasteiger partial charge on any atom is 0.323 e. The van der Waals surface area contributed by atoms with E-state index in [-0.39, 0.29) is 64.6 Å². The number of amides is 4. The SMILES string of the molecule is CC(=O)c1cn(CC(=O)N2C[Si](C)(C)C[C@H]2C(=O)NCc2cccc(Cl)c2F)c2ccc(C#Cc3ncc(F)cn3)cc12.NC(=O)n1cc(N2CCN3CC[C@@H](C(=O)NCc4cccc(Cl)c4F)N3C2)c2ccc(C#Cc3ccccc3)cc21. The lowest BCUT2D eigenvalue weighted by Crippen LogP contribution is -2.58. The zero-order valence-corrected chi connectivity index (χ0v) is 48.4. The van der Waals surface area contributed by atoms with Gasteiger partial charge in [-0.25, -0.2) is 38.0 Å². The number of aromatic nitrogens is 4. The van der Waals surface area contributed by atoms with Gasteiger partial charge in [-0.05, 0) is 86.0 Å². The highest BCUT2D eigenvalue weighted by atomic mass is 35.5. The summed E-state index contributed by atoms with van der Waals surface area (Å²) in [6.45, 7) is 8.27. The van der Waals surface area contributed by atoms with Gasteiger partial charge in [0.25, 0.3) is 0 Å². The molecule has 6 heterocycles. The summed E-state index contributed by atoms with van der Waals surface area (Å²) in [5, 5.41) is 11.4. The van der Waals surface area contributed by atoms with Crippen LogP contribution in [-0.2, 0) is 34.0 Å². The fraction of sp³-hybridized carbons (Fsp3) is 0.242. The summed E-state index contributed by atoms with van der Waals surface area (Å²) in [6, 6.07) is 29.0. The minimum absolute atomic E-state index is 0.0251. The third-order valence-electron chi connectivity index (χ3n) is 14.9. The van der Waals surface area contributed by atoms with Crippen LogP contribution in [0.4, 0.5) is 23.7 Å². The lowest BCUT2D eigenvalue weighted by molar-refractivity contribution is -0.138. The summed E-state index contributed by atoms with van der Waals surface area (Å²) in [5.74, 6) is 9.56. The molecule has 0 saturated carbocycles. The molecule has 0 bridgehead atoms. The van der Waals surface area contributed by atoms with Gasteiger partial charge in [-0.3, -0.25) is 23.7 Å². The number of benzene rings is 5. The monoisotopic (exact) mass is 1190 g/mol. The van der Waals surface area contributed by atoms with Crippen molar-refractivity contribution in [2.24, 2.45) is 5.73 Å². The second-order valence-electron chi connectivity index (χ2n) is 21.4. The largest absolute Gasteiger partial charge is 0.354 e. The van der Waals surface area contributed by atoms with Gasteiger partial charge < -0.3 is 30.7 Å². The normalized spacial score (nSPS) is 16.4. The number of hydrogen-bond acceptors (Lipinski definition) is 10. The van der Waals surface area contributed by atoms with Gasteiger partial charge in [0.15, 0.2) is 11.6 Å². The number of halogens is 5. The van der Waals surface area contributed by atoms with Crippen molar-refractivity contribution < 1.29 is 37.1 Å². The van der Waals surface area contributed by atoms with E-state index in [1.807, 2.05) is 53.5 Å². The number of nitrogens with two attached hydrogens (primary N) is 1. The summed E-state index contributed by atoms with van der Waals surface area (Å²) in [7, 11) is -1.91. The van der Waals surface area contributed by atoms with Gasteiger partial charge in [0.2, 0.25) is 23.5 Å². The number of nitrogens with zero attached hydrogens (tertiary/aromatic N) is 8. The average molecular weight is 1190 g/mol. The van der Waals surface area contributed by atoms with Crippen molar-refractivity contribution in [2.45, 2.75) is 64.2 Å². The van der Waals surface area contributed by atoms with Crippen LogP contribution in [0.5, 0.6) is 0 Å². The molecule has 4 amide bonds. The van der Waals surface area contributed by atoms with Crippen molar-refractivity contribution in [1.29, 1.82) is 0 Å². The van der Waals surface area contributed by atoms with E-state index in [2.05, 4.69) is 67.3 Å². The minimum Gasteiger partial charge on any atom is -0.354 e. The lowest BCUT2D eigenvalue weighted by Gasteiger charge is -2.42. The zero-order chi connectivity index (χ0) is 59.4. The minimum atomic E-state index is -1.91. The maximum atomic E-state index is 14.4. The van der Waals surface area contributed by atoms with Crippen LogP contribution in [0.2, 0.25) is 29.2 Å². The number of rotatable bonds is 10. The van der Waals surface area contributed by atoms with Crippen molar-refractivity contribution >= 4 is 88.3 Å². The van der Waals surface area contributed by atoms with E-state index in [9.17, 15) is 37.1 Å². The molecule has 0 radical (unpaired) electrons. The molecule has 3 aliphatic rings. The van der Waals surface area contributed by atoms with Crippen LogP contribution in [0.25, 0.3) is 21.8 Å². The van der Waals surface area contributed by atoms with Gasteiger partial charge in [0.05, 0.1) is 48.4 Å². The van der Waals surface area contributed by atoms with Gasteiger partial charge in [0.1, 0.15) is 30.3 Å². The number of carbonyl (C=O) groups excluding carboxylic acids is 5. The van der Waals surface area contributed by atoms with E-state index in [0.29, 0.717) is 65.0 Å². The van der Waals surface area contributed by atoms with Gasteiger partial charge in [-0.2, -0.15) is 0 Å². The van der Waals surface area contributed by atoms with Crippen LogP contribution in [0.15, 0.2) is 128 Å². The first-order valence-corrected chi connectivity index (χ1v) is 31.1. The highest BCUT2D eigenvalue weighted by Crippen LogP contribution is 2.34. The van der Waals surface area contributed by atoms with Crippen molar-refractivity contribution in [3.63, 3.8) is 0 Å². The summed E-state index contributed by atoms with van der Waals surface area (Å²) < 4.78 is 44.9. The number of anilines is 1. The summed E-state index contributed by atoms with van der Waals surface area (Å²) in [5.41, 5.74) is 11.2. The molecule has 0 spiro atoms. The number of fused-ring (bicyclic) bond motifs is 3. The number of ketones is 1. The Labute approximate surface area is 493 Å². The lowest BCUT2D eigenvalue weighted by atomic mass is 10.1. The Morgan fingerprint density at radius 3 is 2.00 bits per heavy atom. The van der Waals surface area contributed by atoms with Crippen LogP contribution >= 0.6 is 23.2 Å². The van der Waals surface area contributed by atoms with Crippen LogP contribution in [-0.4, -0.2) is 116 Å². The Bertz CT molecular complexity index is 4030. The molecule has 3 aromatic heterocycles. The number of Topliss-reactive ketones (excluding diaryl/α,β-unsaturated/α-hetero) is 1. The van der Waals surface area contributed by atoms with Crippen LogP contribution in [0.1, 0.15) is 57.3 Å². The molecular formula is C62H56Cl2F3N11O5Si. The third kappa shape index (κ3) is 13.0. The van der Waals surface area contributed by atoms with E-state index in [4.69, 9.17) is 28.9 Å². The van der Waals surface area contributed by atoms with Crippen molar-refractivity contribution in [1.82, 2.24) is 44.7 Å². The Hall–Kier alpha value is -8.76. The van der Waals surface area contributed by atoms with Crippen molar-refractivity contribution in [2.75, 3.05) is 37.4 Å². The highest BCUT2D eigenvalue weighted by Gasteiger charge is 2.45. The molecule has 3 aliphatic heterocycles. The third-order valence-corrected chi connectivity index (χ3v) is 18.2. The van der Waals surface area contributed by atoms with E-state index < -0.39 is 43.6 Å². The summed E-state index contributed by atoms with van der Waals surface area (Å²) >= 11 is 11.8. The predicted molar refractivity (Wildman–Crippen MR) is 318 cm³/mol. The van der Waals surface area contributed by atoms with Gasteiger partial charge in [-0.15, -0.1) is 0 Å². The van der Waals surface area contributed by atoms with Crippen LogP contribution < -0.4 is 21.3 Å². The number of hydrogen-bond donors (Lipinski definition) is 3. The van der Waals surface area contributed by atoms with E-state index in [1.54, 1.807) is 64.3 Å². The number of hydrazine groups is 1. The maximum absolute atomic E-state index is 14.4. The van der Waals surface area contributed by atoms with Crippen molar-refractivity contribution in [3.05, 3.63) is 195 Å². The number of nitrogens with one attached hydrogen (secondary N) is 2. The Balaban J connectivity index is 0.000000187. The second kappa shape index (κ2) is 25.0. The van der Waals surface area contributed by atoms with Crippen LogP contribution in [0.3, 0.4) is 0 Å². The van der Waals surface area contributed by atoms with E-state index in [1.165, 1.54) is 23.6 Å². The molecule has 16 nitrogen and oxygen atoms in total. The first-order chi connectivity index (χ1) is 40.3. The molecule has 22 heteroatoms. The first kappa shape index (κ1) is 58.4. The molecule has 84 heavy (non-hydrogen) atoms. The number of primary amides is 1. The number of carbonyl (C=O) groups is 5. The molecule has 8 aromatic rings. The van der Waals surface area contributed by atoms with E-state index in [0.717, 1.165) is 47.7 Å². The smallest absolute Gasteiger partial charge is 0.323 e. The Morgan fingerprint density at radius 2 is 1.33 bits per heavy atom. The van der Waals surface area contributed by atoms with Gasteiger partial charge >= 0.3 is 6.03 Å². The van der Waals surface area contributed by atoms with E-state index >= 15 is 0 Å². The predicted octanol–water partition coefficient (Wildman–Crippen LogP) is 8.89. The zero-order valence-electron chi connectivity index (χ0n) is 45.9. The quantitative estimate of drug-likeness (QED) is 0.0679. The molecule has 3 fully saturated rings. The molecule has 5 aromatic carbocycles. The standard InChI is InChI=1S/C31H28ClF2N5O3Si.C31H28ClFN6O2/c1-19(40)24-15-38(26-9-7-20(11-23(24)26)8-10-28-35-13-22(33)14-36-28)16-29(41)39-18-43(2,3)17-27(39)31(42)37-12-21-5-4-6-25(32)30(21)34;32-25-8-4-7-23(29(25)33)18-35-30(40)26-13-14-37-16-15-36(20-39(26)37)28-19-38(31(34)41)27-17-22(11-12-24(27)28)10-9-21-5-2-1-3-6-21/h4-7,9,11,13-15,27H,12,16-18H2,1-3H3,(H,37,42);1-8,11-12,17,19,26H,13-16,18,20H2,(H2,34,41)(H,35,40)/t27-;26-/m00/s1. The summed E-state index contributed by atoms with van der Waals surface area (Å²) in [6.07, 6.45) is 6.61. The van der Waals surface area contributed by atoms with Crippen LogP contribution in [0, 0.1) is 41.1 Å². The first-order valence-electron chi connectivity index (χ1n) is 26.9. The molecule has 428 valence electrons.